The molecule has 7 heteroatoms. The van der Waals surface area contributed by atoms with Crippen LogP contribution in [0.3, 0.4) is 0 Å². The zero-order valence-corrected chi connectivity index (χ0v) is 15.1. The van der Waals surface area contributed by atoms with Crippen molar-refractivity contribution >= 4 is 51.0 Å². The van der Waals surface area contributed by atoms with Gasteiger partial charge in [0.15, 0.2) is 5.78 Å². The molecule has 0 aliphatic heterocycles. The van der Waals surface area contributed by atoms with Crippen LogP contribution in [0.4, 0.5) is 17.6 Å². The second kappa shape index (κ2) is 6.42. The average Bonchev–Trinajstić information content (AvgIpc) is 2.45. The number of rotatable bonds is 4. The molecular formula is C15H8F4I2O. The standard InChI is InChI=1S/C15H8F4I2O/c16-14(17,20)11-5-1-9(2-6-11)13(22)10-3-7-12(8-4-10)15(18,19)21/h1-8H. The molecule has 1 nitrogen and oxygen atoms in total. The molecule has 2 aromatic rings. The molecule has 0 fully saturated rings. The Hall–Kier alpha value is -0.710. The first kappa shape index (κ1) is 17.6. The molecule has 0 aromatic heterocycles. The van der Waals surface area contributed by atoms with E-state index >= 15 is 0 Å². The van der Waals surface area contributed by atoms with Crippen LogP contribution in [0.15, 0.2) is 48.5 Å². The van der Waals surface area contributed by atoms with Crippen molar-refractivity contribution in [2.24, 2.45) is 0 Å². The molecule has 116 valence electrons. The predicted molar refractivity (Wildman–Crippen MR) is 92.1 cm³/mol. The topological polar surface area (TPSA) is 17.1 Å². The van der Waals surface area contributed by atoms with Crippen LogP contribution in [0.5, 0.6) is 0 Å². The van der Waals surface area contributed by atoms with E-state index in [1.54, 1.807) is 0 Å². The molecule has 0 unspecified atom stereocenters. The minimum Gasteiger partial charge on any atom is -0.289 e. The van der Waals surface area contributed by atoms with Crippen LogP contribution < -0.4 is 0 Å². The van der Waals surface area contributed by atoms with Crippen molar-refractivity contribution in [1.82, 2.24) is 0 Å². The van der Waals surface area contributed by atoms with E-state index in [1.165, 1.54) is 48.5 Å². The number of ketones is 1. The zero-order valence-electron chi connectivity index (χ0n) is 10.8. The summed E-state index contributed by atoms with van der Waals surface area (Å²) < 4.78 is 46.4. The van der Waals surface area contributed by atoms with Gasteiger partial charge >= 0.3 is 7.86 Å². The maximum absolute atomic E-state index is 13.1. The van der Waals surface area contributed by atoms with Crippen LogP contribution in [0, 0.1) is 0 Å². The van der Waals surface area contributed by atoms with Gasteiger partial charge in [0, 0.05) is 67.4 Å². The first-order valence-corrected chi connectivity index (χ1v) is 8.14. The van der Waals surface area contributed by atoms with Gasteiger partial charge in [-0.05, 0) is 0 Å². The van der Waals surface area contributed by atoms with Crippen molar-refractivity contribution < 1.29 is 22.4 Å². The minimum atomic E-state index is -3.01. The first-order chi connectivity index (χ1) is 10.1. The monoisotopic (exact) mass is 534 g/mol. The van der Waals surface area contributed by atoms with E-state index in [0.29, 0.717) is 0 Å². The van der Waals surface area contributed by atoms with Crippen molar-refractivity contribution in [3.8, 4) is 0 Å². The van der Waals surface area contributed by atoms with Crippen LogP contribution >= 0.6 is 45.2 Å². The molecule has 0 amide bonds. The Morgan fingerprint density at radius 2 is 0.955 bits per heavy atom. The largest absolute Gasteiger partial charge is 0.321 e. The number of hydrogen-bond donors (Lipinski definition) is 0. The Morgan fingerprint density at radius 3 is 1.18 bits per heavy atom. The highest BCUT2D eigenvalue weighted by Gasteiger charge is 2.28. The Kier molecular flexibility index (Phi) is 5.15. The molecule has 2 aromatic carbocycles. The number of hydrogen-bond acceptors (Lipinski definition) is 1. The van der Waals surface area contributed by atoms with Crippen LogP contribution in [0.1, 0.15) is 27.0 Å². The van der Waals surface area contributed by atoms with Crippen molar-refractivity contribution in [3.05, 3.63) is 70.8 Å². The summed E-state index contributed by atoms with van der Waals surface area (Å²) in [4.78, 5) is 12.2. The molecule has 22 heavy (non-hydrogen) atoms. The molecule has 0 saturated carbocycles. The van der Waals surface area contributed by atoms with Gasteiger partial charge in [0.2, 0.25) is 0 Å². The summed E-state index contributed by atoms with van der Waals surface area (Å²) in [5.41, 5.74) is 0.0332. The molecule has 0 aliphatic carbocycles. The van der Waals surface area contributed by atoms with Crippen molar-refractivity contribution in [3.63, 3.8) is 0 Å². The Bertz CT molecular complexity index is 611. The van der Waals surface area contributed by atoms with Gasteiger partial charge in [-0.15, -0.1) is 0 Å². The third kappa shape index (κ3) is 4.18. The number of alkyl halides is 6. The molecule has 2 rings (SSSR count). The molecular weight excluding hydrogens is 526 g/mol. The van der Waals surface area contributed by atoms with Gasteiger partial charge in [-0.25, -0.2) is 0 Å². The maximum atomic E-state index is 13.1. The Balaban J connectivity index is 2.25. The number of benzene rings is 2. The third-order valence-corrected chi connectivity index (χ3v) is 4.19. The number of halogens is 6. The van der Waals surface area contributed by atoms with Gasteiger partial charge < -0.3 is 0 Å². The van der Waals surface area contributed by atoms with E-state index in [9.17, 15) is 22.4 Å². The van der Waals surface area contributed by atoms with E-state index in [0.717, 1.165) is 45.2 Å². The van der Waals surface area contributed by atoms with E-state index in [1.807, 2.05) is 0 Å². The lowest BCUT2D eigenvalue weighted by atomic mass is 10.0. The fourth-order valence-electron chi connectivity index (χ4n) is 1.79. The Morgan fingerprint density at radius 1 is 0.682 bits per heavy atom. The zero-order chi connectivity index (χ0) is 16.5. The molecule has 0 heterocycles. The lowest BCUT2D eigenvalue weighted by Crippen LogP contribution is -2.06. The molecule has 0 bridgehead atoms. The highest BCUT2D eigenvalue weighted by atomic mass is 127. The van der Waals surface area contributed by atoms with Gasteiger partial charge in [0.25, 0.3) is 0 Å². The quantitative estimate of drug-likeness (QED) is 0.207. The lowest BCUT2D eigenvalue weighted by Gasteiger charge is -2.10. The normalized spacial score (nSPS) is 12.3. The summed E-state index contributed by atoms with van der Waals surface area (Å²) in [7, 11) is 0. The van der Waals surface area contributed by atoms with E-state index in [2.05, 4.69) is 0 Å². The average molecular weight is 534 g/mol. The summed E-state index contributed by atoms with van der Waals surface area (Å²) in [6.45, 7) is 0. The van der Waals surface area contributed by atoms with E-state index in [-0.39, 0.29) is 22.3 Å². The lowest BCUT2D eigenvalue weighted by molar-refractivity contribution is 0.103. The fourth-order valence-corrected chi connectivity index (χ4v) is 2.51. The first-order valence-electron chi connectivity index (χ1n) is 5.98. The number of carbonyl (C=O) groups excluding carboxylic acids is 1. The second-order valence-electron chi connectivity index (χ2n) is 4.48. The Labute approximate surface area is 151 Å². The second-order valence-corrected chi connectivity index (χ2v) is 7.19. The van der Waals surface area contributed by atoms with Crippen LogP contribution in [-0.2, 0) is 7.86 Å². The van der Waals surface area contributed by atoms with Gasteiger partial charge in [-0.1, -0.05) is 48.5 Å². The molecule has 0 atom stereocenters. The smallest absolute Gasteiger partial charge is 0.289 e. The molecule has 0 saturated heterocycles. The molecule has 0 spiro atoms. The predicted octanol–water partition coefficient (Wildman–Crippen LogP) is 5.89. The highest BCUT2D eigenvalue weighted by Crippen LogP contribution is 2.36. The van der Waals surface area contributed by atoms with Crippen molar-refractivity contribution in [2.45, 2.75) is 7.86 Å². The van der Waals surface area contributed by atoms with Gasteiger partial charge in [-0.2, -0.15) is 17.6 Å². The SMILES string of the molecule is O=C(c1ccc(C(F)(F)I)cc1)c1ccc(C(F)(F)I)cc1. The summed E-state index contributed by atoms with van der Waals surface area (Å²) in [6, 6.07) is 9.88. The summed E-state index contributed by atoms with van der Waals surface area (Å²) in [5.74, 6) is -0.411. The fraction of sp³-hybridized carbons (Fsp3) is 0.133. The van der Waals surface area contributed by atoms with E-state index < -0.39 is 13.6 Å². The van der Waals surface area contributed by atoms with Gasteiger partial charge in [0.1, 0.15) is 0 Å². The van der Waals surface area contributed by atoms with Gasteiger partial charge in [-0.3, -0.25) is 4.79 Å². The molecule has 0 radical (unpaired) electrons. The summed E-state index contributed by atoms with van der Waals surface area (Å²) in [5, 5.41) is 0. The van der Waals surface area contributed by atoms with E-state index in [4.69, 9.17) is 0 Å². The third-order valence-electron chi connectivity index (χ3n) is 2.95. The number of carbonyl (C=O) groups is 1. The van der Waals surface area contributed by atoms with Crippen molar-refractivity contribution in [2.75, 3.05) is 0 Å². The summed E-state index contributed by atoms with van der Waals surface area (Å²) >= 11 is 2.01. The minimum absolute atomic E-state index is 0.204. The van der Waals surface area contributed by atoms with Crippen molar-refractivity contribution in [1.29, 1.82) is 0 Å². The molecule has 0 N–H and O–H groups in total. The maximum Gasteiger partial charge on any atom is 0.321 e. The van der Waals surface area contributed by atoms with Crippen LogP contribution in [0.2, 0.25) is 0 Å². The highest BCUT2D eigenvalue weighted by molar-refractivity contribution is 14.1. The summed E-state index contributed by atoms with van der Waals surface area (Å²) in [6.07, 6.45) is 0. The van der Waals surface area contributed by atoms with Crippen LogP contribution in [-0.4, -0.2) is 5.78 Å². The van der Waals surface area contributed by atoms with Gasteiger partial charge in [0.05, 0.1) is 0 Å². The molecule has 0 aliphatic rings. The van der Waals surface area contributed by atoms with Crippen LogP contribution in [0.25, 0.3) is 0 Å².